The van der Waals surface area contributed by atoms with Crippen molar-refractivity contribution in [3.05, 3.63) is 17.8 Å². The maximum Gasteiger partial charge on any atom is 0.433 e. The van der Waals surface area contributed by atoms with Crippen LogP contribution in [0.3, 0.4) is 0 Å². The summed E-state index contributed by atoms with van der Waals surface area (Å²) < 4.78 is 78.6. The highest BCUT2D eigenvalue weighted by atomic mass is 19.4. The lowest BCUT2D eigenvalue weighted by atomic mass is 9.78. The Labute approximate surface area is 156 Å². The largest absolute Gasteiger partial charge is 0.433 e. The van der Waals surface area contributed by atoms with E-state index in [-0.39, 0.29) is 17.1 Å². The van der Waals surface area contributed by atoms with Gasteiger partial charge in [0.1, 0.15) is 11.2 Å². The van der Waals surface area contributed by atoms with E-state index in [4.69, 9.17) is 0 Å². The zero-order valence-electron chi connectivity index (χ0n) is 15.1. The highest BCUT2D eigenvalue weighted by Crippen LogP contribution is 2.43. The number of pyridine rings is 1. The number of fused-ring (bicyclic) bond motifs is 1. The molecule has 1 aliphatic rings. The third kappa shape index (κ3) is 3.79. The molecule has 1 fully saturated rings. The molecule has 1 N–H and O–H groups in total. The molecule has 1 atom stereocenters. The van der Waals surface area contributed by atoms with E-state index in [9.17, 15) is 31.1 Å². The predicted octanol–water partition coefficient (Wildman–Crippen LogP) is 4.88. The van der Waals surface area contributed by atoms with Crippen LogP contribution in [-0.2, 0) is 16.5 Å². The van der Waals surface area contributed by atoms with Crippen molar-refractivity contribution in [2.45, 2.75) is 57.4 Å². The molecule has 0 bridgehead atoms. The van der Waals surface area contributed by atoms with Gasteiger partial charge in [0.2, 0.25) is 11.9 Å². The Morgan fingerprint density at radius 2 is 1.86 bits per heavy atom. The number of aromatic nitrogens is 3. The van der Waals surface area contributed by atoms with Crippen molar-refractivity contribution in [1.29, 1.82) is 0 Å². The van der Waals surface area contributed by atoms with E-state index >= 15 is 0 Å². The first-order chi connectivity index (χ1) is 12.8. The lowest BCUT2D eigenvalue weighted by molar-refractivity contribution is -0.173. The number of carbonyl (C=O) groups is 1. The number of amides is 1. The first-order valence-electron chi connectivity index (χ1n) is 8.65. The summed E-state index contributed by atoms with van der Waals surface area (Å²) in [5.41, 5.74) is -1.66. The number of imidazole rings is 1. The first kappa shape index (κ1) is 20.4. The van der Waals surface area contributed by atoms with Gasteiger partial charge in [-0.2, -0.15) is 26.3 Å². The first-order valence-corrected chi connectivity index (χ1v) is 8.65. The third-order valence-electron chi connectivity index (χ3n) is 5.07. The summed E-state index contributed by atoms with van der Waals surface area (Å²) in [4.78, 5) is 19.9. The van der Waals surface area contributed by atoms with Crippen molar-refractivity contribution < 1.29 is 31.1 Å². The van der Waals surface area contributed by atoms with Gasteiger partial charge in [0, 0.05) is 12.0 Å². The fourth-order valence-electron chi connectivity index (χ4n) is 3.19. The fraction of sp³-hybridized carbons (Fsp3) is 0.588. The summed E-state index contributed by atoms with van der Waals surface area (Å²) in [6, 6.07) is 1.91. The van der Waals surface area contributed by atoms with Crippen LogP contribution < -0.4 is 5.32 Å². The lowest BCUT2D eigenvalue weighted by Gasteiger charge is -2.40. The van der Waals surface area contributed by atoms with E-state index in [0.717, 1.165) is 25.5 Å². The van der Waals surface area contributed by atoms with Crippen LogP contribution in [0.1, 0.15) is 45.2 Å². The Morgan fingerprint density at radius 3 is 2.36 bits per heavy atom. The second-order valence-corrected chi connectivity index (χ2v) is 7.35. The molecule has 0 spiro atoms. The number of rotatable bonds is 4. The van der Waals surface area contributed by atoms with Gasteiger partial charge in [-0.25, -0.2) is 9.97 Å². The molecule has 0 unspecified atom stereocenters. The van der Waals surface area contributed by atoms with E-state index in [1.165, 1.54) is 4.57 Å². The van der Waals surface area contributed by atoms with E-state index in [2.05, 4.69) is 15.3 Å². The van der Waals surface area contributed by atoms with Crippen LogP contribution >= 0.6 is 0 Å². The lowest BCUT2D eigenvalue weighted by Crippen LogP contribution is -2.39. The van der Waals surface area contributed by atoms with E-state index in [0.29, 0.717) is 12.8 Å². The number of nitrogens with zero attached hydrogens (tertiary/aromatic N) is 3. The highest BCUT2D eigenvalue weighted by molar-refractivity contribution is 5.91. The molecule has 0 aromatic carbocycles. The number of hydrogen-bond donors (Lipinski definition) is 1. The van der Waals surface area contributed by atoms with Crippen LogP contribution in [0.15, 0.2) is 12.1 Å². The van der Waals surface area contributed by atoms with Crippen molar-refractivity contribution in [2.75, 3.05) is 5.32 Å². The average Bonchev–Trinajstić information content (AvgIpc) is 2.87. The third-order valence-corrected chi connectivity index (χ3v) is 5.07. The van der Waals surface area contributed by atoms with E-state index in [1.54, 1.807) is 6.92 Å². The fourth-order valence-corrected chi connectivity index (χ4v) is 3.19. The number of halogens is 6. The Hall–Kier alpha value is -2.33. The standard InChI is InChI=1S/C17H18F6N4O/c1-9(16(18,19)20)8-12(28)26-14-24-10-4-5-11(17(21,22)23)25-13(10)27(14)15(2)6-3-7-15/h4-5,9H,3,6-8H2,1-2H3,(H,24,26,28)/t9-/m1/s1. The number of nitrogens with one attached hydrogen (secondary N) is 1. The van der Waals surface area contributed by atoms with E-state index in [1.807, 2.05) is 0 Å². The molecule has 2 aromatic heterocycles. The van der Waals surface area contributed by atoms with Gasteiger partial charge in [-0.1, -0.05) is 6.92 Å². The monoisotopic (exact) mass is 408 g/mol. The molecule has 0 saturated heterocycles. The Bertz CT molecular complexity index is 897. The maximum absolute atomic E-state index is 13.0. The van der Waals surface area contributed by atoms with Gasteiger partial charge in [-0.3, -0.25) is 14.7 Å². The zero-order valence-corrected chi connectivity index (χ0v) is 15.1. The molecule has 28 heavy (non-hydrogen) atoms. The molecule has 154 valence electrons. The highest BCUT2D eigenvalue weighted by Gasteiger charge is 2.40. The van der Waals surface area contributed by atoms with E-state index < -0.39 is 41.8 Å². The molecule has 1 saturated carbocycles. The molecule has 11 heteroatoms. The van der Waals surface area contributed by atoms with Crippen LogP contribution in [-0.4, -0.2) is 26.6 Å². The van der Waals surface area contributed by atoms with Gasteiger partial charge in [-0.05, 0) is 38.3 Å². The quantitative estimate of drug-likeness (QED) is 0.734. The Kier molecular flexibility index (Phi) is 4.83. The van der Waals surface area contributed by atoms with Crippen molar-refractivity contribution >= 4 is 23.0 Å². The summed E-state index contributed by atoms with van der Waals surface area (Å²) in [6.45, 7) is 2.67. The van der Waals surface area contributed by atoms with Crippen molar-refractivity contribution in [2.24, 2.45) is 5.92 Å². The minimum Gasteiger partial charge on any atom is -0.296 e. The predicted molar refractivity (Wildman–Crippen MR) is 88.5 cm³/mol. The van der Waals surface area contributed by atoms with Gasteiger partial charge < -0.3 is 0 Å². The Balaban J connectivity index is 2.00. The molecule has 2 heterocycles. The summed E-state index contributed by atoms with van der Waals surface area (Å²) in [7, 11) is 0. The maximum atomic E-state index is 13.0. The average molecular weight is 408 g/mol. The van der Waals surface area contributed by atoms with Crippen molar-refractivity contribution in [3.63, 3.8) is 0 Å². The van der Waals surface area contributed by atoms with Gasteiger partial charge in [0.05, 0.1) is 5.92 Å². The molecule has 5 nitrogen and oxygen atoms in total. The smallest absolute Gasteiger partial charge is 0.296 e. The van der Waals surface area contributed by atoms with Gasteiger partial charge in [-0.15, -0.1) is 0 Å². The van der Waals surface area contributed by atoms with Crippen molar-refractivity contribution in [3.8, 4) is 0 Å². The van der Waals surface area contributed by atoms with Gasteiger partial charge >= 0.3 is 12.4 Å². The van der Waals surface area contributed by atoms with Crippen LogP contribution in [0.4, 0.5) is 32.3 Å². The second-order valence-electron chi connectivity index (χ2n) is 7.35. The minimum absolute atomic E-state index is 0.0591. The zero-order chi connectivity index (χ0) is 20.9. The van der Waals surface area contributed by atoms with Crippen LogP contribution in [0.25, 0.3) is 11.2 Å². The number of alkyl halides is 6. The SMILES string of the molecule is C[C@H](CC(=O)Nc1nc2ccc(C(F)(F)F)nc2n1C1(C)CCC1)C(F)(F)F. The van der Waals surface area contributed by atoms with Crippen LogP contribution in [0.5, 0.6) is 0 Å². The molecule has 3 rings (SSSR count). The number of anilines is 1. The molecule has 0 radical (unpaired) electrons. The molecule has 0 aliphatic heterocycles. The van der Waals surface area contributed by atoms with Gasteiger partial charge in [0.25, 0.3) is 0 Å². The summed E-state index contributed by atoms with van der Waals surface area (Å²) in [5.74, 6) is -2.87. The summed E-state index contributed by atoms with van der Waals surface area (Å²) in [6.07, 6.45) is -7.93. The Morgan fingerprint density at radius 1 is 1.21 bits per heavy atom. The number of carbonyl (C=O) groups excluding carboxylic acids is 1. The molecule has 1 amide bonds. The number of hydrogen-bond acceptors (Lipinski definition) is 3. The summed E-state index contributed by atoms with van der Waals surface area (Å²) >= 11 is 0. The van der Waals surface area contributed by atoms with Crippen molar-refractivity contribution in [1.82, 2.24) is 14.5 Å². The molecular weight excluding hydrogens is 390 g/mol. The van der Waals surface area contributed by atoms with Gasteiger partial charge in [0.15, 0.2) is 5.65 Å². The topological polar surface area (TPSA) is 59.8 Å². The normalized spacial score (nSPS) is 18.0. The van der Waals surface area contributed by atoms with Crippen LogP contribution in [0, 0.1) is 5.92 Å². The van der Waals surface area contributed by atoms with Crippen LogP contribution in [0.2, 0.25) is 0 Å². The molecular formula is C17H18F6N4O. The second kappa shape index (κ2) is 6.63. The minimum atomic E-state index is -4.66. The molecule has 1 aliphatic carbocycles. The summed E-state index contributed by atoms with van der Waals surface area (Å²) in [5, 5.41) is 2.33. The molecule has 2 aromatic rings.